The van der Waals surface area contributed by atoms with Crippen LogP contribution < -0.4 is 5.32 Å². The average Bonchev–Trinajstić information content (AvgIpc) is 2.38. The maximum absolute atomic E-state index is 5.36. The number of piperazine rings is 1. The van der Waals surface area contributed by atoms with Crippen LogP contribution in [0.4, 0.5) is 0 Å². The lowest BCUT2D eigenvalue weighted by Gasteiger charge is -2.34. The number of nitrogens with one attached hydrogen (secondary N) is 1. The summed E-state index contributed by atoms with van der Waals surface area (Å²) >= 11 is 5.36. The molecular formula is C13H29N3S. The summed E-state index contributed by atoms with van der Waals surface area (Å²) < 4.78 is 0. The highest BCUT2D eigenvalue weighted by atomic mass is 32.1. The van der Waals surface area contributed by atoms with Gasteiger partial charge in [-0.2, -0.15) is 0 Å². The molecule has 1 saturated heterocycles. The van der Waals surface area contributed by atoms with Gasteiger partial charge in [-0.25, -0.2) is 0 Å². The minimum Gasteiger partial charge on any atom is -0.363 e. The molecule has 1 fully saturated rings. The van der Waals surface area contributed by atoms with Gasteiger partial charge in [0.2, 0.25) is 0 Å². The molecule has 1 heterocycles. The lowest BCUT2D eigenvalue weighted by molar-refractivity contribution is 0.214. The van der Waals surface area contributed by atoms with Gasteiger partial charge in [-0.3, -0.25) is 0 Å². The van der Waals surface area contributed by atoms with Crippen molar-refractivity contribution in [3.8, 4) is 0 Å². The van der Waals surface area contributed by atoms with Gasteiger partial charge in [0.15, 0.2) is 5.11 Å². The SMILES string of the molecule is CC.CCCCCNC(=S)N1CCN(C)CC1. The summed E-state index contributed by atoms with van der Waals surface area (Å²) in [4.78, 5) is 4.62. The quantitative estimate of drug-likeness (QED) is 0.617. The Labute approximate surface area is 113 Å². The van der Waals surface area contributed by atoms with Crippen LogP contribution in [-0.4, -0.2) is 54.7 Å². The molecule has 0 radical (unpaired) electrons. The van der Waals surface area contributed by atoms with E-state index in [1.54, 1.807) is 0 Å². The maximum atomic E-state index is 5.36. The normalized spacial score (nSPS) is 16.1. The molecule has 1 N–H and O–H groups in total. The highest BCUT2D eigenvalue weighted by Crippen LogP contribution is 2.00. The zero-order chi connectivity index (χ0) is 13.1. The summed E-state index contributed by atoms with van der Waals surface area (Å²) in [5.74, 6) is 0. The minimum atomic E-state index is 0.944. The Bertz CT molecular complexity index is 189. The van der Waals surface area contributed by atoms with E-state index in [-0.39, 0.29) is 0 Å². The van der Waals surface area contributed by atoms with E-state index < -0.39 is 0 Å². The molecule has 0 unspecified atom stereocenters. The van der Waals surface area contributed by atoms with E-state index in [0.29, 0.717) is 0 Å². The average molecular weight is 259 g/mol. The fourth-order valence-corrected chi connectivity index (χ4v) is 1.98. The first-order chi connectivity index (χ1) is 8.24. The summed E-state index contributed by atoms with van der Waals surface area (Å²) in [6.07, 6.45) is 3.78. The van der Waals surface area contributed by atoms with Crippen molar-refractivity contribution in [3.63, 3.8) is 0 Å². The standard InChI is InChI=1S/C11H23N3S.C2H6/c1-3-4-5-6-12-11(15)14-9-7-13(2)8-10-14;1-2/h3-10H2,1-2H3,(H,12,15);1-2H3. The molecule has 0 saturated carbocycles. The molecule has 0 amide bonds. The van der Waals surface area contributed by atoms with Crippen molar-refractivity contribution >= 4 is 17.3 Å². The Morgan fingerprint density at radius 2 is 1.71 bits per heavy atom. The molecule has 0 aromatic carbocycles. The van der Waals surface area contributed by atoms with Crippen LogP contribution >= 0.6 is 12.2 Å². The third-order valence-electron chi connectivity index (χ3n) is 2.85. The molecule has 1 rings (SSSR count). The monoisotopic (exact) mass is 259 g/mol. The molecule has 0 aromatic heterocycles. The molecule has 1 aliphatic rings. The van der Waals surface area contributed by atoms with E-state index in [2.05, 4.69) is 29.1 Å². The molecular weight excluding hydrogens is 230 g/mol. The van der Waals surface area contributed by atoms with Crippen LogP contribution in [0, 0.1) is 0 Å². The summed E-state index contributed by atoms with van der Waals surface area (Å²) in [5, 5.41) is 4.28. The second kappa shape index (κ2) is 10.8. The summed E-state index contributed by atoms with van der Waals surface area (Å²) in [6.45, 7) is 11.6. The lowest BCUT2D eigenvalue weighted by Crippen LogP contribution is -2.50. The largest absolute Gasteiger partial charge is 0.363 e. The first kappa shape index (κ1) is 16.6. The number of nitrogens with zero attached hydrogens (tertiary/aromatic N) is 2. The fourth-order valence-electron chi connectivity index (χ4n) is 1.69. The van der Waals surface area contributed by atoms with E-state index in [0.717, 1.165) is 37.8 Å². The summed E-state index contributed by atoms with van der Waals surface area (Å²) in [6, 6.07) is 0. The molecule has 1 aliphatic heterocycles. The second-order valence-corrected chi connectivity index (χ2v) is 4.62. The Morgan fingerprint density at radius 3 is 2.24 bits per heavy atom. The Kier molecular flexibility index (Phi) is 10.6. The molecule has 0 aromatic rings. The van der Waals surface area contributed by atoms with Crippen molar-refractivity contribution in [2.24, 2.45) is 0 Å². The maximum Gasteiger partial charge on any atom is 0.169 e. The second-order valence-electron chi connectivity index (χ2n) is 4.23. The van der Waals surface area contributed by atoms with Crippen LogP contribution in [0.25, 0.3) is 0 Å². The summed E-state index contributed by atoms with van der Waals surface area (Å²) in [7, 11) is 2.16. The van der Waals surface area contributed by atoms with Gasteiger partial charge in [-0.05, 0) is 25.7 Å². The minimum absolute atomic E-state index is 0.944. The smallest absolute Gasteiger partial charge is 0.169 e. The third kappa shape index (κ3) is 7.55. The van der Waals surface area contributed by atoms with Gasteiger partial charge >= 0.3 is 0 Å². The highest BCUT2D eigenvalue weighted by molar-refractivity contribution is 7.80. The van der Waals surface area contributed by atoms with Crippen molar-refractivity contribution in [2.75, 3.05) is 39.8 Å². The number of likely N-dealkylation sites (N-methyl/N-ethyl adjacent to an activating group) is 1. The zero-order valence-electron chi connectivity index (χ0n) is 12.0. The number of rotatable bonds is 4. The van der Waals surface area contributed by atoms with E-state index in [9.17, 15) is 0 Å². The van der Waals surface area contributed by atoms with Gasteiger partial charge in [0, 0.05) is 32.7 Å². The molecule has 17 heavy (non-hydrogen) atoms. The van der Waals surface area contributed by atoms with E-state index in [4.69, 9.17) is 12.2 Å². The molecule has 102 valence electrons. The molecule has 0 spiro atoms. The van der Waals surface area contributed by atoms with Crippen LogP contribution in [0.1, 0.15) is 40.0 Å². The molecule has 0 bridgehead atoms. The first-order valence-electron chi connectivity index (χ1n) is 6.95. The van der Waals surface area contributed by atoms with Crippen molar-refractivity contribution in [1.29, 1.82) is 0 Å². The first-order valence-corrected chi connectivity index (χ1v) is 7.36. The van der Waals surface area contributed by atoms with E-state index >= 15 is 0 Å². The molecule has 3 nitrogen and oxygen atoms in total. The van der Waals surface area contributed by atoms with Crippen molar-refractivity contribution in [3.05, 3.63) is 0 Å². The predicted molar refractivity (Wildman–Crippen MR) is 80.5 cm³/mol. The molecule has 0 atom stereocenters. The predicted octanol–water partition coefficient (Wildman–Crippen LogP) is 2.32. The highest BCUT2D eigenvalue weighted by Gasteiger charge is 2.15. The van der Waals surface area contributed by atoms with Crippen LogP contribution in [-0.2, 0) is 0 Å². The van der Waals surface area contributed by atoms with Crippen LogP contribution in [0.3, 0.4) is 0 Å². The Balaban J connectivity index is 0.00000121. The van der Waals surface area contributed by atoms with Crippen molar-refractivity contribution < 1.29 is 0 Å². The van der Waals surface area contributed by atoms with Gasteiger partial charge in [-0.1, -0.05) is 33.6 Å². The topological polar surface area (TPSA) is 18.5 Å². The van der Waals surface area contributed by atoms with Gasteiger partial charge in [0.05, 0.1) is 0 Å². The van der Waals surface area contributed by atoms with Crippen LogP contribution in [0.15, 0.2) is 0 Å². The lowest BCUT2D eigenvalue weighted by atomic mass is 10.2. The zero-order valence-corrected chi connectivity index (χ0v) is 12.8. The molecule has 4 heteroatoms. The van der Waals surface area contributed by atoms with Crippen molar-refractivity contribution in [2.45, 2.75) is 40.0 Å². The van der Waals surface area contributed by atoms with Gasteiger partial charge in [0.25, 0.3) is 0 Å². The number of thiocarbonyl (C=S) groups is 1. The van der Waals surface area contributed by atoms with E-state index in [1.807, 2.05) is 13.8 Å². The number of hydrogen-bond acceptors (Lipinski definition) is 2. The third-order valence-corrected chi connectivity index (χ3v) is 3.25. The molecule has 0 aliphatic carbocycles. The number of unbranched alkanes of at least 4 members (excludes halogenated alkanes) is 2. The van der Waals surface area contributed by atoms with Gasteiger partial charge in [0.1, 0.15) is 0 Å². The van der Waals surface area contributed by atoms with Crippen molar-refractivity contribution in [1.82, 2.24) is 15.1 Å². The van der Waals surface area contributed by atoms with E-state index in [1.165, 1.54) is 19.3 Å². The van der Waals surface area contributed by atoms with Gasteiger partial charge < -0.3 is 15.1 Å². The Hall–Kier alpha value is -0.350. The van der Waals surface area contributed by atoms with Crippen LogP contribution in [0.2, 0.25) is 0 Å². The Morgan fingerprint density at radius 1 is 1.12 bits per heavy atom. The summed E-state index contributed by atoms with van der Waals surface area (Å²) in [5.41, 5.74) is 0. The van der Waals surface area contributed by atoms with Crippen LogP contribution in [0.5, 0.6) is 0 Å². The van der Waals surface area contributed by atoms with Gasteiger partial charge in [-0.15, -0.1) is 0 Å². The fraction of sp³-hybridized carbons (Fsp3) is 0.923. The number of hydrogen-bond donors (Lipinski definition) is 1.